The molecule has 0 aromatic heterocycles. The summed E-state index contributed by atoms with van der Waals surface area (Å²) in [5, 5.41) is -0.0743. The van der Waals surface area contributed by atoms with Crippen LogP contribution >= 0.6 is 0 Å². The van der Waals surface area contributed by atoms with Crippen LogP contribution in [0.2, 0.25) is 18.1 Å². The van der Waals surface area contributed by atoms with Crippen LogP contribution in [0.1, 0.15) is 58.6 Å². The maximum atomic E-state index is 12.9. The second-order valence-corrected chi connectivity index (χ2v) is 19.7. The van der Waals surface area contributed by atoms with E-state index in [0.29, 0.717) is 26.1 Å². The molecule has 4 atom stereocenters. The maximum Gasteiger partial charge on any atom is 0.296 e. The van der Waals surface area contributed by atoms with Crippen molar-refractivity contribution in [3.63, 3.8) is 0 Å². The number of benzene rings is 2. The summed E-state index contributed by atoms with van der Waals surface area (Å²) in [5.41, 5.74) is 1.96. The number of hydrogen-bond donors (Lipinski definition) is 0. The van der Waals surface area contributed by atoms with Crippen molar-refractivity contribution in [3.8, 4) is 5.75 Å². The lowest BCUT2D eigenvalue weighted by Gasteiger charge is -2.42. The minimum Gasteiger partial charge on any atom is -0.497 e. The summed E-state index contributed by atoms with van der Waals surface area (Å²) in [7, 11) is -2.94. The fourth-order valence-electron chi connectivity index (χ4n) is 4.70. The van der Waals surface area contributed by atoms with E-state index in [4.69, 9.17) is 32.3 Å². The lowest BCUT2D eigenvalue weighted by molar-refractivity contribution is -0.164. The maximum absolute atomic E-state index is 12.9. The van der Waals surface area contributed by atoms with E-state index in [1.807, 2.05) is 45.0 Å². The SMILES string of the molecule is COc1ccc(CO[C@@H](C[C@H](OC)[C@H](CCOS(=O)(=O)c2ccc(C)cc2)O[Si](C)(C)C(C)(C)C)[C@@H]2COC(C)(C)O2)cc1. The highest BCUT2D eigenvalue weighted by Crippen LogP contribution is 2.39. The van der Waals surface area contributed by atoms with Crippen LogP contribution < -0.4 is 4.74 Å². The van der Waals surface area contributed by atoms with Gasteiger partial charge in [0.1, 0.15) is 11.9 Å². The van der Waals surface area contributed by atoms with E-state index in [0.717, 1.165) is 16.9 Å². The fraction of sp³-hybridized carbons (Fsp3) is 0.636. The van der Waals surface area contributed by atoms with E-state index >= 15 is 0 Å². The van der Waals surface area contributed by atoms with Crippen LogP contribution in [0.15, 0.2) is 53.4 Å². The van der Waals surface area contributed by atoms with Crippen LogP contribution in [-0.4, -0.2) is 74.4 Å². The highest BCUT2D eigenvalue weighted by Gasteiger charge is 2.43. The van der Waals surface area contributed by atoms with Gasteiger partial charge in [-0.05, 0) is 75.2 Å². The molecule has 0 N–H and O–H groups in total. The first-order valence-corrected chi connectivity index (χ1v) is 19.5. The Bertz CT molecular complexity index is 1270. The third-order valence-electron chi connectivity index (χ3n) is 8.45. The highest BCUT2D eigenvalue weighted by atomic mass is 32.2. The Morgan fingerprint density at radius 3 is 2.16 bits per heavy atom. The summed E-state index contributed by atoms with van der Waals surface area (Å²) in [6, 6.07) is 14.4. The number of rotatable bonds is 16. The predicted octanol–water partition coefficient (Wildman–Crippen LogP) is 6.63. The van der Waals surface area contributed by atoms with Gasteiger partial charge >= 0.3 is 0 Å². The van der Waals surface area contributed by atoms with Crippen molar-refractivity contribution in [1.82, 2.24) is 0 Å². The molecule has 0 amide bonds. The quantitative estimate of drug-likeness (QED) is 0.146. The molecule has 11 heteroatoms. The summed E-state index contributed by atoms with van der Waals surface area (Å²) in [6.45, 7) is 17.2. The summed E-state index contributed by atoms with van der Waals surface area (Å²) in [4.78, 5) is 0.126. The lowest BCUT2D eigenvalue weighted by Crippen LogP contribution is -2.49. The molecule has 2 aromatic carbocycles. The monoisotopic (exact) mass is 652 g/mol. The number of ether oxygens (including phenoxy) is 5. The van der Waals surface area contributed by atoms with E-state index < -0.39 is 36.4 Å². The molecular formula is C33H52O9SSi. The van der Waals surface area contributed by atoms with Crippen molar-refractivity contribution in [2.45, 2.75) is 114 Å². The van der Waals surface area contributed by atoms with Gasteiger partial charge in [-0.2, -0.15) is 8.42 Å². The summed E-state index contributed by atoms with van der Waals surface area (Å²) in [6.07, 6.45) is -0.825. The van der Waals surface area contributed by atoms with E-state index in [1.54, 1.807) is 38.5 Å². The standard InChI is InChI=1S/C33H52O9SSi/c1-24-11-17-27(18-12-24)43(34,35)40-20-19-28(42-44(9,10)32(2,3)4)29(37-8)21-30(31-23-39-33(5,6)41-31)38-22-25-13-15-26(36-7)16-14-25/h11-18,28-31H,19-23H2,1-10H3/t28-,29-,30-,31-/m0/s1. The van der Waals surface area contributed by atoms with Crippen LogP contribution in [-0.2, 0) is 44.3 Å². The Morgan fingerprint density at radius 2 is 1.64 bits per heavy atom. The van der Waals surface area contributed by atoms with Crippen molar-refractivity contribution in [1.29, 1.82) is 0 Å². The smallest absolute Gasteiger partial charge is 0.296 e. The van der Waals surface area contributed by atoms with Gasteiger partial charge in [-0.15, -0.1) is 0 Å². The molecule has 1 saturated heterocycles. The van der Waals surface area contributed by atoms with Crippen molar-refractivity contribution in [2.24, 2.45) is 0 Å². The van der Waals surface area contributed by atoms with Gasteiger partial charge in [-0.1, -0.05) is 50.6 Å². The fourth-order valence-corrected chi connectivity index (χ4v) is 7.00. The molecule has 0 radical (unpaired) electrons. The molecule has 0 saturated carbocycles. The Morgan fingerprint density at radius 1 is 1.00 bits per heavy atom. The molecule has 9 nitrogen and oxygen atoms in total. The van der Waals surface area contributed by atoms with Gasteiger partial charge in [0.25, 0.3) is 10.1 Å². The van der Waals surface area contributed by atoms with Crippen LogP contribution in [0, 0.1) is 6.92 Å². The summed E-state index contributed by atoms with van der Waals surface area (Å²) in [5.74, 6) is 0.0423. The van der Waals surface area contributed by atoms with E-state index in [2.05, 4.69) is 33.9 Å². The Hall–Kier alpha value is -1.83. The molecule has 1 aliphatic rings. The number of aryl methyl sites for hydroxylation is 1. The van der Waals surface area contributed by atoms with Gasteiger partial charge in [-0.25, -0.2) is 0 Å². The molecule has 1 aliphatic heterocycles. The van der Waals surface area contributed by atoms with Gasteiger partial charge < -0.3 is 28.1 Å². The molecule has 0 unspecified atom stereocenters. The van der Waals surface area contributed by atoms with Crippen LogP contribution in [0.25, 0.3) is 0 Å². The molecule has 0 bridgehead atoms. The minimum atomic E-state index is -3.93. The zero-order valence-corrected chi connectivity index (χ0v) is 29.9. The number of hydrogen-bond acceptors (Lipinski definition) is 9. The van der Waals surface area contributed by atoms with Crippen molar-refractivity contribution in [3.05, 3.63) is 59.7 Å². The van der Waals surface area contributed by atoms with Crippen LogP contribution in [0.5, 0.6) is 5.75 Å². The van der Waals surface area contributed by atoms with Crippen LogP contribution in [0.3, 0.4) is 0 Å². The van der Waals surface area contributed by atoms with Gasteiger partial charge in [0.05, 0.1) is 50.1 Å². The largest absolute Gasteiger partial charge is 0.497 e. The minimum absolute atomic E-state index is 0.0528. The first-order valence-electron chi connectivity index (χ1n) is 15.2. The van der Waals surface area contributed by atoms with E-state index in [1.165, 1.54) is 0 Å². The molecule has 1 heterocycles. The van der Waals surface area contributed by atoms with Crippen molar-refractivity contribution in [2.75, 3.05) is 27.4 Å². The lowest BCUT2D eigenvalue weighted by atomic mass is 10.0. The molecule has 1 fully saturated rings. The van der Waals surface area contributed by atoms with Crippen molar-refractivity contribution >= 4 is 18.4 Å². The Labute approximate surface area is 265 Å². The Balaban J connectivity index is 1.81. The zero-order chi connectivity index (χ0) is 32.8. The first-order chi connectivity index (χ1) is 20.5. The zero-order valence-electron chi connectivity index (χ0n) is 28.0. The van der Waals surface area contributed by atoms with Gasteiger partial charge in [0.15, 0.2) is 14.1 Å². The molecule has 0 spiro atoms. The summed E-state index contributed by atoms with van der Waals surface area (Å²) < 4.78 is 68.2. The second kappa shape index (κ2) is 15.2. The van der Waals surface area contributed by atoms with Crippen molar-refractivity contribution < 1.29 is 40.7 Å². The summed E-state index contributed by atoms with van der Waals surface area (Å²) >= 11 is 0. The molecule has 0 aliphatic carbocycles. The molecular weight excluding hydrogens is 601 g/mol. The average molecular weight is 653 g/mol. The number of methoxy groups -OCH3 is 2. The van der Waals surface area contributed by atoms with E-state index in [-0.39, 0.29) is 28.7 Å². The Kier molecular flexibility index (Phi) is 12.6. The normalized spacial score (nSPS) is 19.5. The molecule has 3 rings (SSSR count). The second-order valence-electron chi connectivity index (χ2n) is 13.4. The highest BCUT2D eigenvalue weighted by molar-refractivity contribution is 7.86. The molecule has 2 aromatic rings. The van der Waals surface area contributed by atoms with E-state index in [9.17, 15) is 8.42 Å². The van der Waals surface area contributed by atoms with Gasteiger partial charge in [0.2, 0.25) is 0 Å². The topological polar surface area (TPSA) is 98.8 Å². The molecule has 44 heavy (non-hydrogen) atoms. The first kappa shape index (κ1) is 36.6. The third-order valence-corrected chi connectivity index (χ3v) is 14.3. The van der Waals surface area contributed by atoms with Crippen LogP contribution in [0.4, 0.5) is 0 Å². The average Bonchev–Trinajstić information content (AvgIpc) is 3.31. The van der Waals surface area contributed by atoms with Gasteiger partial charge in [-0.3, -0.25) is 4.18 Å². The molecule has 248 valence electrons. The third kappa shape index (κ3) is 10.3. The predicted molar refractivity (Wildman–Crippen MR) is 173 cm³/mol. The van der Waals surface area contributed by atoms with Gasteiger partial charge in [0, 0.05) is 13.5 Å².